The third-order valence-corrected chi connectivity index (χ3v) is 5.06. The molecule has 0 spiro atoms. The quantitative estimate of drug-likeness (QED) is 0.389. The average molecular weight is 589 g/mol. The molecule has 17 heteroatoms. The van der Waals surface area contributed by atoms with Crippen LogP contribution in [0, 0.1) is 11.3 Å². The maximum absolute atomic E-state index is 12.8. The van der Waals surface area contributed by atoms with Gasteiger partial charge in [0.25, 0.3) is 5.91 Å². The summed E-state index contributed by atoms with van der Waals surface area (Å²) in [4.78, 5) is 37.3. The number of rotatable bonds is 4. The highest BCUT2D eigenvalue weighted by atomic mass is 19.4. The van der Waals surface area contributed by atoms with Gasteiger partial charge in [0.2, 0.25) is 5.95 Å². The summed E-state index contributed by atoms with van der Waals surface area (Å²) in [6.07, 6.45) is -8.25. The molecule has 1 amide bonds. The van der Waals surface area contributed by atoms with Crippen LogP contribution in [0.3, 0.4) is 0 Å². The van der Waals surface area contributed by atoms with Gasteiger partial charge in [-0.2, -0.15) is 31.6 Å². The minimum atomic E-state index is -5.08. The Balaban J connectivity index is 0.000000349. The van der Waals surface area contributed by atoms with Crippen LogP contribution in [0.15, 0.2) is 48.7 Å². The zero-order chi connectivity index (χ0) is 30.8. The van der Waals surface area contributed by atoms with E-state index in [-0.39, 0.29) is 5.91 Å². The number of benzene rings is 1. The van der Waals surface area contributed by atoms with Crippen LogP contribution in [0.2, 0.25) is 0 Å². The summed E-state index contributed by atoms with van der Waals surface area (Å²) in [5, 5.41) is 26.0. The van der Waals surface area contributed by atoms with E-state index in [1.807, 2.05) is 40.9 Å². The molecule has 1 aliphatic rings. The molecular weight excluding hydrogens is 568 g/mol. The lowest BCUT2D eigenvalue weighted by Gasteiger charge is -2.27. The Bertz CT molecular complexity index is 1370. The minimum Gasteiger partial charge on any atom is -0.475 e. The van der Waals surface area contributed by atoms with E-state index in [1.54, 1.807) is 12.1 Å². The van der Waals surface area contributed by atoms with Gasteiger partial charge < -0.3 is 25.2 Å². The summed E-state index contributed by atoms with van der Waals surface area (Å²) in [5.74, 6) is -4.97. The lowest BCUT2D eigenvalue weighted by molar-refractivity contribution is -0.193. The number of morpholine rings is 1. The van der Waals surface area contributed by atoms with Crippen molar-refractivity contribution in [2.24, 2.45) is 0 Å². The number of aromatic nitrogens is 2. The molecule has 2 aromatic heterocycles. The van der Waals surface area contributed by atoms with Crippen molar-refractivity contribution in [1.82, 2.24) is 14.7 Å². The van der Waals surface area contributed by atoms with Crippen LogP contribution in [0.25, 0.3) is 5.52 Å². The molecule has 1 aromatic carbocycles. The van der Waals surface area contributed by atoms with Crippen LogP contribution in [0.4, 0.5) is 32.3 Å². The number of alkyl halides is 6. The Labute approximate surface area is 227 Å². The van der Waals surface area contributed by atoms with Gasteiger partial charge >= 0.3 is 24.3 Å². The number of carbonyl (C=O) groups excluding carboxylic acids is 1. The van der Waals surface area contributed by atoms with E-state index < -0.39 is 24.3 Å². The van der Waals surface area contributed by atoms with Gasteiger partial charge in [0, 0.05) is 25.8 Å². The first-order valence-corrected chi connectivity index (χ1v) is 11.3. The predicted octanol–water partition coefficient (Wildman–Crippen LogP) is 3.24. The molecule has 3 N–H and O–H groups in total. The minimum absolute atomic E-state index is 0.220. The predicted molar refractivity (Wildman–Crippen MR) is 128 cm³/mol. The van der Waals surface area contributed by atoms with Gasteiger partial charge in [0.05, 0.1) is 30.4 Å². The van der Waals surface area contributed by atoms with Crippen LogP contribution in [0.5, 0.6) is 0 Å². The molecule has 41 heavy (non-hydrogen) atoms. The number of aliphatic carboxylic acids is 2. The average Bonchev–Trinajstić information content (AvgIpc) is 3.32. The fourth-order valence-electron chi connectivity index (χ4n) is 3.14. The van der Waals surface area contributed by atoms with Gasteiger partial charge in [-0.3, -0.25) is 9.20 Å². The van der Waals surface area contributed by atoms with E-state index in [2.05, 4.69) is 21.3 Å². The highest BCUT2D eigenvalue weighted by molar-refractivity contribution is 5.99. The first kappa shape index (κ1) is 32.4. The van der Waals surface area contributed by atoms with Gasteiger partial charge in [-0.25, -0.2) is 14.6 Å². The van der Waals surface area contributed by atoms with Gasteiger partial charge in [-0.15, -0.1) is 0 Å². The lowest BCUT2D eigenvalue weighted by atomic mass is 10.1. The molecule has 3 aromatic rings. The number of nitriles is 1. The molecule has 220 valence electrons. The number of carboxylic acid groups (broad SMARTS) is 2. The zero-order valence-electron chi connectivity index (χ0n) is 20.7. The normalized spacial score (nSPS) is 13.1. The molecule has 3 heterocycles. The first-order chi connectivity index (χ1) is 19.1. The van der Waals surface area contributed by atoms with Crippen molar-refractivity contribution in [3.63, 3.8) is 0 Å². The zero-order valence-corrected chi connectivity index (χ0v) is 20.7. The van der Waals surface area contributed by atoms with Crippen molar-refractivity contribution in [2.75, 3.05) is 31.2 Å². The number of pyridine rings is 1. The second kappa shape index (κ2) is 14.0. The summed E-state index contributed by atoms with van der Waals surface area (Å²) >= 11 is 0. The van der Waals surface area contributed by atoms with Crippen molar-refractivity contribution in [3.05, 3.63) is 65.5 Å². The van der Waals surface area contributed by atoms with Gasteiger partial charge in [0.1, 0.15) is 0 Å². The molecule has 0 radical (unpaired) electrons. The number of fused-ring (bicyclic) bond motifs is 1. The summed E-state index contributed by atoms with van der Waals surface area (Å²) < 4.78 is 70.8. The van der Waals surface area contributed by atoms with Crippen molar-refractivity contribution < 1.29 is 55.7 Å². The summed E-state index contributed by atoms with van der Waals surface area (Å²) in [5.41, 5.74) is 2.71. The maximum atomic E-state index is 12.8. The number of carbonyl (C=O) groups is 3. The van der Waals surface area contributed by atoms with Gasteiger partial charge in [-0.05, 0) is 29.8 Å². The number of nitrogens with one attached hydrogen (secondary N) is 1. The molecule has 11 nitrogen and oxygen atoms in total. The van der Waals surface area contributed by atoms with Crippen LogP contribution in [0.1, 0.15) is 21.6 Å². The van der Waals surface area contributed by atoms with Crippen LogP contribution in [-0.2, 0) is 20.9 Å². The largest absolute Gasteiger partial charge is 0.490 e. The van der Waals surface area contributed by atoms with Crippen LogP contribution >= 0.6 is 0 Å². The Morgan fingerprint density at radius 3 is 1.98 bits per heavy atom. The van der Waals surface area contributed by atoms with Crippen molar-refractivity contribution in [1.29, 1.82) is 5.26 Å². The summed E-state index contributed by atoms with van der Waals surface area (Å²) in [7, 11) is 0. The molecule has 0 saturated carbocycles. The number of nitrogens with zero attached hydrogens (tertiary/aromatic N) is 4. The van der Waals surface area contributed by atoms with Crippen molar-refractivity contribution >= 4 is 29.3 Å². The second-order valence-corrected chi connectivity index (χ2v) is 7.91. The Morgan fingerprint density at radius 2 is 1.49 bits per heavy atom. The number of hydrogen-bond donors (Lipinski definition) is 3. The van der Waals surface area contributed by atoms with Gasteiger partial charge in [-0.1, -0.05) is 18.2 Å². The molecule has 0 bridgehead atoms. The van der Waals surface area contributed by atoms with E-state index in [1.165, 1.54) is 0 Å². The molecular formula is C24H21F6N5O6. The fraction of sp³-hybridized carbons (Fsp3) is 0.292. The first-order valence-electron chi connectivity index (χ1n) is 11.3. The number of ether oxygens (including phenoxy) is 1. The standard InChI is InChI=1S/C20H19N5O2.2C2HF3O2/c21-13-15-4-6-16(7-5-15)14-22-19(26)18-17-3-1-2-8-25(17)20(23-18)24-9-11-27-12-10-24;2*3-2(4,5)1(6)7/h1-8H,9-12,14H2,(H,22,26);2*(H,6,7). The number of anilines is 1. The van der Waals surface area contributed by atoms with E-state index >= 15 is 0 Å². The Hall–Kier alpha value is -4.85. The second-order valence-electron chi connectivity index (χ2n) is 7.91. The molecule has 0 unspecified atom stereocenters. The smallest absolute Gasteiger partial charge is 0.475 e. The Morgan fingerprint density at radius 1 is 0.951 bits per heavy atom. The third-order valence-electron chi connectivity index (χ3n) is 5.06. The highest BCUT2D eigenvalue weighted by Gasteiger charge is 2.38. The SMILES string of the molecule is N#Cc1ccc(CNC(=O)c2nc(N3CCOCC3)n3ccccc23)cc1.O=C(O)C(F)(F)F.O=C(O)C(F)(F)F. The third kappa shape index (κ3) is 9.69. The van der Waals surface area contributed by atoms with Crippen LogP contribution < -0.4 is 10.2 Å². The van der Waals surface area contributed by atoms with Crippen molar-refractivity contribution in [2.45, 2.75) is 18.9 Å². The fourth-order valence-corrected chi connectivity index (χ4v) is 3.14. The van der Waals surface area contributed by atoms with Crippen molar-refractivity contribution in [3.8, 4) is 6.07 Å². The molecule has 1 fully saturated rings. The number of amides is 1. The van der Waals surface area contributed by atoms with E-state index in [0.29, 0.717) is 31.0 Å². The Kier molecular flexibility index (Phi) is 11.0. The monoisotopic (exact) mass is 589 g/mol. The molecule has 1 aliphatic heterocycles. The lowest BCUT2D eigenvalue weighted by Crippen LogP contribution is -2.37. The number of carboxylic acids is 2. The summed E-state index contributed by atoms with van der Waals surface area (Å²) in [6, 6.07) is 15.0. The molecule has 0 aliphatic carbocycles. The number of halogens is 6. The molecule has 4 rings (SSSR count). The van der Waals surface area contributed by atoms with E-state index in [4.69, 9.17) is 29.8 Å². The van der Waals surface area contributed by atoms with Crippen LogP contribution in [-0.4, -0.2) is 76.1 Å². The number of imidazole rings is 1. The molecule has 0 atom stereocenters. The summed E-state index contributed by atoms with van der Waals surface area (Å²) in [6.45, 7) is 3.19. The van der Waals surface area contributed by atoms with E-state index in [9.17, 15) is 31.1 Å². The highest BCUT2D eigenvalue weighted by Crippen LogP contribution is 2.21. The maximum Gasteiger partial charge on any atom is 0.490 e. The van der Waals surface area contributed by atoms with Gasteiger partial charge in [0.15, 0.2) is 5.69 Å². The number of hydrogen-bond acceptors (Lipinski definition) is 7. The topological polar surface area (TPSA) is 157 Å². The van der Waals surface area contributed by atoms with E-state index in [0.717, 1.165) is 30.1 Å². The molecule has 1 saturated heterocycles.